The molecule has 0 saturated carbocycles. The number of carbonyl (C=O) groups is 3. The molecule has 2 N–H and O–H groups in total. The number of nitrogens with zero attached hydrogens (tertiary/aromatic N) is 1. The van der Waals surface area contributed by atoms with Crippen molar-refractivity contribution in [1.29, 1.82) is 0 Å². The molecule has 0 spiro atoms. The van der Waals surface area contributed by atoms with E-state index >= 15 is 0 Å². The average Bonchev–Trinajstić information content (AvgIpc) is 2.87. The third kappa shape index (κ3) is 3.14. The van der Waals surface area contributed by atoms with E-state index in [0.29, 0.717) is 22.6 Å². The van der Waals surface area contributed by atoms with Gasteiger partial charge in [0.2, 0.25) is 11.7 Å². The molecule has 1 aliphatic heterocycles. The second kappa shape index (κ2) is 6.60. The molecule has 0 radical (unpaired) electrons. The Hall–Kier alpha value is -3.41. The Labute approximate surface area is 144 Å². The van der Waals surface area contributed by atoms with Crippen LogP contribution in [-0.4, -0.2) is 24.2 Å². The Kier molecular flexibility index (Phi) is 4.35. The fraction of sp³-hybridized carbons (Fsp3) is 0.105. The monoisotopic (exact) mass is 336 g/mol. The topological polar surface area (TPSA) is 89.7 Å². The van der Waals surface area contributed by atoms with E-state index in [1.54, 1.807) is 54.6 Å². The van der Waals surface area contributed by atoms with Gasteiger partial charge >= 0.3 is 0 Å². The van der Waals surface area contributed by atoms with E-state index in [9.17, 15) is 14.4 Å². The van der Waals surface area contributed by atoms with Gasteiger partial charge in [0, 0.05) is 18.1 Å². The van der Waals surface area contributed by atoms with E-state index in [2.05, 4.69) is 0 Å². The Balaban J connectivity index is 2.06. The molecule has 1 heterocycles. The van der Waals surface area contributed by atoms with Crippen molar-refractivity contribution in [3.8, 4) is 5.75 Å². The van der Waals surface area contributed by atoms with Gasteiger partial charge in [-0.3, -0.25) is 19.3 Å². The molecule has 2 amide bonds. The predicted molar refractivity (Wildman–Crippen MR) is 93.0 cm³/mol. The van der Waals surface area contributed by atoms with Gasteiger partial charge in [-0.1, -0.05) is 30.3 Å². The zero-order chi connectivity index (χ0) is 18.0. The number of benzene rings is 2. The van der Waals surface area contributed by atoms with Gasteiger partial charge < -0.3 is 10.5 Å². The molecule has 0 aliphatic carbocycles. The molecule has 0 unspecified atom stereocenters. The van der Waals surface area contributed by atoms with E-state index in [0.717, 1.165) is 0 Å². The van der Waals surface area contributed by atoms with Crippen molar-refractivity contribution in [2.45, 2.75) is 6.92 Å². The maximum Gasteiger partial charge on any atom is 0.255 e. The molecule has 2 aromatic rings. The number of hydrogen-bond donors (Lipinski definition) is 1. The highest BCUT2D eigenvalue weighted by atomic mass is 16.5. The summed E-state index contributed by atoms with van der Waals surface area (Å²) in [7, 11) is 0. The summed E-state index contributed by atoms with van der Waals surface area (Å²) in [5.74, 6) is -0.700. The number of allylic oxidation sites excluding steroid dienone is 1. The SMILES string of the molecule is CC(=O)N1/C(=C\c2ccccc2OCC(N)=O)C(=O)c2ccccc21. The Morgan fingerprint density at radius 2 is 1.80 bits per heavy atom. The molecule has 126 valence electrons. The molecule has 0 bridgehead atoms. The van der Waals surface area contributed by atoms with Crippen LogP contribution in [0.2, 0.25) is 0 Å². The molecule has 6 nitrogen and oxygen atoms in total. The number of amides is 2. The summed E-state index contributed by atoms with van der Waals surface area (Å²) in [5, 5.41) is 0. The second-order valence-corrected chi connectivity index (χ2v) is 5.52. The fourth-order valence-electron chi connectivity index (χ4n) is 2.73. The summed E-state index contributed by atoms with van der Waals surface area (Å²) >= 11 is 0. The lowest BCUT2D eigenvalue weighted by Gasteiger charge is -2.16. The van der Waals surface area contributed by atoms with E-state index in [1.807, 2.05) is 0 Å². The minimum absolute atomic E-state index is 0.240. The third-order valence-electron chi connectivity index (χ3n) is 3.76. The molecule has 1 aliphatic rings. The van der Waals surface area contributed by atoms with Crippen molar-refractivity contribution in [3.63, 3.8) is 0 Å². The van der Waals surface area contributed by atoms with E-state index < -0.39 is 5.91 Å². The van der Waals surface area contributed by atoms with Crippen molar-refractivity contribution in [2.75, 3.05) is 11.5 Å². The molecule has 25 heavy (non-hydrogen) atoms. The van der Waals surface area contributed by atoms with Crippen LogP contribution < -0.4 is 15.4 Å². The summed E-state index contributed by atoms with van der Waals surface area (Å²) in [6.07, 6.45) is 1.58. The summed E-state index contributed by atoms with van der Waals surface area (Å²) in [6, 6.07) is 13.9. The number of ketones is 1. The standard InChI is InChI=1S/C19H16N2O4/c1-12(22)21-15-8-4-3-7-14(15)19(24)16(21)10-13-6-2-5-9-17(13)25-11-18(20)23/h2-10H,11H2,1H3,(H2,20,23)/b16-10-. The second-order valence-electron chi connectivity index (χ2n) is 5.52. The first-order valence-electron chi connectivity index (χ1n) is 7.65. The van der Waals surface area contributed by atoms with Crippen molar-refractivity contribution >= 4 is 29.4 Å². The van der Waals surface area contributed by atoms with Crippen molar-refractivity contribution in [3.05, 3.63) is 65.4 Å². The normalized spacial score (nSPS) is 14.5. The number of carbonyl (C=O) groups excluding carboxylic acids is 3. The number of ether oxygens (including phenoxy) is 1. The molecule has 3 rings (SSSR count). The van der Waals surface area contributed by atoms with Gasteiger partial charge in [-0.15, -0.1) is 0 Å². The highest BCUT2D eigenvalue weighted by Crippen LogP contribution is 2.36. The van der Waals surface area contributed by atoms with Crippen LogP contribution in [0.1, 0.15) is 22.8 Å². The van der Waals surface area contributed by atoms with Gasteiger partial charge in [0.05, 0.1) is 11.4 Å². The van der Waals surface area contributed by atoms with Crippen LogP contribution in [-0.2, 0) is 9.59 Å². The van der Waals surface area contributed by atoms with Gasteiger partial charge in [0.25, 0.3) is 5.91 Å². The van der Waals surface area contributed by atoms with Gasteiger partial charge in [-0.2, -0.15) is 0 Å². The maximum atomic E-state index is 12.7. The molecule has 0 aromatic heterocycles. The number of hydrogen-bond acceptors (Lipinski definition) is 4. The van der Waals surface area contributed by atoms with Gasteiger partial charge in [-0.05, 0) is 24.3 Å². The molecule has 2 aromatic carbocycles. The smallest absolute Gasteiger partial charge is 0.255 e. The van der Waals surface area contributed by atoms with Gasteiger partial charge in [-0.25, -0.2) is 0 Å². The first kappa shape index (κ1) is 16.4. The van der Waals surface area contributed by atoms with Crippen LogP contribution in [0.15, 0.2) is 54.2 Å². The molecule has 0 atom stereocenters. The van der Waals surface area contributed by atoms with E-state index in [-0.39, 0.29) is 24.0 Å². The van der Waals surface area contributed by atoms with Gasteiger partial charge in [0.1, 0.15) is 5.75 Å². The molecule has 6 heteroatoms. The van der Waals surface area contributed by atoms with Crippen LogP contribution in [0.3, 0.4) is 0 Å². The molecular formula is C19H16N2O4. The maximum absolute atomic E-state index is 12.7. The first-order valence-corrected chi connectivity index (χ1v) is 7.65. The number of nitrogens with two attached hydrogens (primary N) is 1. The van der Waals surface area contributed by atoms with E-state index in [1.165, 1.54) is 11.8 Å². The van der Waals surface area contributed by atoms with Crippen LogP contribution in [0.4, 0.5) is 5.69 Å². The Morgan fingerprint density at radius 3 is 2.52 bits per heavy atom. The van der Waals surface area contributed by atoms with E-state index in [4.69, 9.17) is 10.5 Å². The van der Waals surface area contributed by atoms with Crippen molar-refractivity contribution in [1.82, 2.24) is 0 Å². The number of anilines is 1. The predicted octanol–water partition coefficient (Wildman–Crippen LogP) is 2.14. The lowest BCUT2D eigenvalue weighted by molar-refractivity contribution is -0.120. The van der Waals surface area contributed by atoms with Gasteiger partial charge in [0.15, 0.2) is 6.61 Å². The Bertz CT molecular complexity index is 902. The largest absolute Gasteiger partial charge is 0.483 e. The highest BCUT2D eigenvalue weighted by Gasteiger charge is 2.34. The lowest BCUT2D eigenvalue weighted by atomic mass is 10.1. The summed E-state index contributed by atoms with van der Waals surface area (Å²) in [4.78, 5) is 37.1. The zero-order valence-corrected chi connectivity index (χ0v) is 13.6. The summed E-state index contributed by atoms with van der Waals surface area (Å²) in [6.45, 7) is 1.13. The number of rotatable bonds is 4. The quantitative estimate of drug-likeness (QED) is 0.866. The molecule has 0 fully saturated rings. The van der Waals surface area contributed by atoms with Crippen LogP contribution in [0.25, 0.3) is 6.08 Å². The molecule has 0 saturated heterocycles. The third-order valence-corrected chi connectivity index (χ3v) is 3.76. The van der Waals surface area contributed by atoms with Crippen LogP contribution in [0.5, 0.6) is 5.75 Å². The van der Waals surface area contributed by atoms with Crippen molar-refractivity contribution in [2.24, 2.45) is 5.73 Å². The average molecular weight is 336 g/mol. The number of Topliss-reactive ketones (excluding diaryl/α,β-unsaturated/α-hetero) is 1. The fourth-order valence-corrected chi connectivity index (χ4v) is 2.73. The van der Waals surface area contributed by atoms with Crippen LogP contribution >= 0.6 is 0 Å². The number of primary amides is 1. The summed E-state index contributed by atoms with van der Waals surface area (Å²) in [5.41, 5.74) is 6.95. The highest BCUT2D eigenvalue weighted by molar-refractivity contribution is 6.26. The minimum atomic E-state index is -0.600. The number of para-hydroxylation sites is 2. The zero-order valence-electron chi connectivity index (χ0n) is 13.6. The number of fused-ring (bicyclic) bond motifs is 1. The van der Waals surface area contributed by atoms with Crippen LogP contribution in [0, 0.1) is 0 Å². The first-order chi connectivity index (χ1) is 12.0. The Morgan fingerprint density at radius 1 is 1.12 bits per heavy atom. The van der Waals surface area contributed by atoms with Crippen molar-refractivity contribution < 1.29 is 19.1 Å². The lowest BCUT2D eigenvalue weighted by Crippen LogP contribution is -2.25. The molecular weight excluding hydrogens is 320 g/mol. The minimum Gasteiger partial charge on any atom is -0.483 e. The summed E-state index contributed by atoms with van der Waals surface area (Å²) < 4.78 is 5.38.